The van der Waals surface area contributed by atoms with Crippen LogP contribution in [0.1, 0.15) is 274 Å². The standard InChI is InChI=1S/C17H26N2O2.C11H15NO2.C11H17NO.C11H17N.C10H14ClN.C10H13NO3.C10H15NO.C10H15N/c1-17(2,3)15-12-18-16(11-14(15)13-20)21-10-9-19-7-5-4-6-8-19;1-11(2,3)9-5-12-6-10(14-4)8(9)7-13;1-8-6-10(13-5)12-7-9(8)11(2,3)4;1-8-6-7-10(9(2)12-8)11(3,4)5;1-7-8(10(2,3)4)5-12-6-9(7)11;1-8-6-11-10(5-9(8)7-12)14-4-3-13-2;1-7-5-9(12)11-6-8(7)10(2,3)4;1-8-9(10(2,3)4)6-5-7-11-8/h11-13H,4-10H2,1-3H3;5-7H,1-4H3;6-7H,1-5H3;6-7H,1-5H3;5-6H,1-4H3;5-7H,3-4H2,1-2H3;5-6H,1-4H3,(H,11,12);5-7H,1-4H3. The summed E-state index contributed by atoms with van der Waals surface area (Å²) in [6.45, 7) is 63.9. The molecule has 1 fully saturated rings. The summed E-state index contributed by atoms with van der Waals surface area (Å²) in [5.74, 6) is 2.22. The highest BCUT2D eigenvalue weighted by Crippen LogP contribution is 2.33. The van der Waals surface area contributed by atoms with Gasteiger partial charge in [0.1, 0.15) is 19.0 Å². The molecule has 598 valence electrons. The number of likely N-dealkylation sites (tertiary alicyclic amines) is 1. The van der Waals surface area contributed by atoms with Crippen molar-refractivity contribution < 1.29 is 38.1 Å². The third-order valence-electron chi connectivity index (χ3n) is 17.7. The quantitative estimate of drug-likeness (QED) is 0.0837. The van der Waals surface area contributed by atoms with Crippen LogP contribution in [0, 0.1) is 48.5 Å². The molecule has 1 saturated heterocycles. The number of nitrogens with one attached hydrogen (secondary N) is 1. The first-order valence-electron chi connectivity index (χ1n) is 37.5. The van der Waals surface area contributed by atoms with Gasteiger partial charge >= 0.3 is 0 Å². The van der Waals surface area contributed by atoms with Gasteiger partial charge in [0, 0.05) is 116 Å². The topological polar surface area (TPSA) is 224 Å². The second kappa shape index (κ2) is 44.3. The van der Waals surface area contributed by atoms with Crippen molar-refractivity contribution in [3.63, 3.8) is 0 Å². The number of aromatic amines is 1. The fourth-order valence-electron chi connectivity index (χ4n) is 11.8. The molecule has 0 bridgehead atoms. The molecule has 8 aromatic rings. The van der Waals surface area contributed by atoms with Gasteiger partial charge in [0.25, 0.3) is 0 Å². The van der Waals surface area contributed by atoms with E-state index in [-0.39, 0.29) is 43.5 Å². The van der Waals surface area contributed by atoms with Crippen LogP contribution in [-0.4, -0.2) is 124 Å². The number of hydrogen-bond acceptors (Lipinski definition) is 17. The number of piperidine rings is 1. The lowest BCUT2D eigenvalue weighted by Gasteiger charge is -2.26. The Morgan fingerprint density at radius 3 is 1.42 bits per heavy atom. The number of carbonyl (C=O) groups is 3. The molecule has 0 spiro atoms. The van der Waals surface area contributed by atoms with Crippen LogP contribution in [0.2, 0.25) is 5.02 Å². The van der Waals surface area contributed by atoms with Crippen molar-refractivity contribution in [1.82, 2.24) is 44.8 Å². The predicted molar refractivity (Wildman–Crippen MR) is 448 cm³/mol. The predicted octanol–water partition coefficient (Wildman–Crippen LogP) is 20.2. The van der Waals surface area contributed by atoms with E-state index in [0.29, 0.717) is 59.9 Å². The zero-order chi connectivity index (χ0) is 83.1. The summed E-state index contributed by atoms with van der Waals surface area (Å²) in [7, 11) is 4.78. The Kier molecular flexibility index (Phi) is 39.2. The third kappa shape index (κ3) is 34.1. The molecular weight excluding hydrogens is 1390 g/mol. The molecule has 0 aromatic carbocycles. The first kappa shape index (κ1) is 96.5. The van der Waals surface area contributed by atoms with Crippen LogP contribution in [0.15, 0.2) is 109 Å². The Morgan fingerprint density at radius 1 is 0.459 bits per heavy atom. The number of methoxy groups -OCH3 is 3. The van der Waals surface area contributed by atoms with Crippen LogP contribution < -0.4 is 24.5 Å². The summed E-state index contributed by atoms with van der Waals surface area (Å²) >= 11 is 5.96. The number of ether oxygens (including phenoxy) is 5. The maximum atomic E-state index is 11.3. The molecule has 0 amide bonds. The number of aromatic nitrogens is 8. The molecule has 9 heterocycles. The van der Waals surface area contributed by atoms with Gasteiger partial charge in [0.15, 0.2) is 18.9 Å². The summed E-state index contributed by atoms with van der Waals surface area (Å²) in [5.41, 5.74) is 18.4. The number of aryl methyl sites for hydroxylation is 6. The van der Waals surface area contributed by atoms with Gasteiger partial charge in [-0.3, -0.25) is 44.0 Å². The molecule has 19 heteroatoms. The van der Waals surface area contributed by atoms with Crippen molar-refractivity contribution >= 4 is 30.5 Å². The SMILES string of the molecule is CC(C)(C)c1cnc(OCCN2CCCCC2)cc1C=O.COCCOc1cc(C=O)c(C)cn1.COc1cc(C)c(C(C)(C)C)cn1.COc1cncc(C(C)(C)C)c1C=O.Cc1c(Cl)cncc1C(C)(C)C.Cc1cc(=O)[nH]cc1C(C)(C)C.Cc1ccc(C(C)(C)C)c(C)n1.Cc1ncccc1C(C)(C)C. The highest BCUT2D eigenvalue weighted by atomic mass is 35.5. The summed E-state index contributed by atoms with van der Waals surface area (Å²) in [6.07, 6.45) is 22.2. The van der Waals surface area contributed by atoms with E-state index in [1.165, 1.54) is 72.8 Å². The minimum atomic E-state index is -0.0994. The monoisotopic (exact) mass is 1520 g/mol. The molecule has 0 radical (unpaired) electrons. The van der Waals surface area contributed by atoms with Crippen molar-refractivity contribution in [2.45, 2.75) is 251 Å². The number of H-pyrrole nitrogens is 1. The molecular formula is C90H132ClN9O9. The lowest BCUT2D eigenvalue weighted by atomic mass is 9.85. The first-order chi connectivity index (χ1) is 50.5. The number of halogens is 1. The Hall–Kier alpha value is -8.58. The number of pyridine rings is 8. The van der Waals surface area contributed by atoms with Crippen LogP contribution in [0.4, 0.5) is 0 Å². The normalized spacial score (nSPS) is 12.3. The Morgan fingerprint density at radius 2 is 0.954 bits per heavy atom. The number of carbonyl (C=O) groups excluding carboxylic acids is 3. The molecule has 9 rings (SSSR count). The zero-order valence-electron chi connectivity index (χ0n) is 72.0. The maximum absolute atomic E-state index is 11.3. The zero-order valence-corrected chi connectivity index (χ0v) is 72.8. The van der Waals surface area contributed by atoms with Crippen molar-refractivity contribution in [2.75, 3.05) is 60.8 Å². The van der Waals surface area contributed by atoms with Crippen molar-refractivity contribution in [3.8, 4) is 23.4 Å². The Bertz CT molecular complexity index is 4170. The molecule has 1 aliphatic heterocycles. The molecule has 1 aliphatic rings. The van der Waals surface area contributed by atoms with Crippen LogP contribution in [-0.2, 0) is 42.6 Å². The van der Waals surface area contributed by atoms with Crippen LogP contribution >= 0.6 is 11.6 Å². The fraction of sp³-hybridized carbons (Fsp3) is 0.522. The Labute approximate surface area is 659 Å². The van der Waals surface area contributed by atoms with E-state index >= 15 is 0 Å². The van der Waals surface area contributed by atoms with Crippen molar-refractivity contribution in [2.24, 2.45) is 0 Å². The van der Waals surface area contributed by atoms with Crippen molar-refractivity contribution in [3.05, 3.63) is 215 Å². The van der Waals surface area contributed by atoms with E-state index in [4.69, 9.17) is 35.3 Å². The van der Waals surface area contributed by atoms with E-state index in [2.05, 4.69) is 208 Å². The second-order valence-corrected chi connectivity index (χ2v) is 34.8. The third-order valence-corrected chi connectivity index (χ3v) is 18.1. The molecule has 0 aliphatic carbocycles. The smallest absolute Gasteiger partial charge is 0.248 e. The van der Waals surface area contributed by atoms with Gasteiger partial charge in [-0.2, -0.15) is 0 Å². The fourth-order valence-corrected chi connectivity index (χ4v) is 12.0. The molecule has 1 N–H and O–H groups in total. The van der Waals surface area contributed by atoms with E-state index < -0.39 is 0 Å². The van der Waals surface area contributed by atoms with Crippen LogP contribution in [0.3, 0.4) is 0 Å². The summed E-state index contributed by atoms with van der Waals surface area (Å²) in [4.78, 5) is 78.2. The summed E-state index contributed by atoms with van der Waals surface area (Å²) < 4.78 is 25.9. The highest BCUT2D eigenvalue weighted by Gasteiger charge is 2.24. The highest BCUT2D eigenvalue weighted by molar-refractivity contribution is 6.31. The van der Waals surface area contributed by atoms with Gasteiger partial charge < -0.3 is 28.7 Å². The molecule has 109 heavy (non-hydrogen) atoms. The van der Waals surface area contributed by atoms with Gasteiger partial charge in [-0.1, -0.05) is 176 Å². The van der Waals surface area contributed by atoms with Gasteiger partial charge in [0.2, 0.25) is 23.2 Å². The van der Waals surface area contributed by atoms with Crippen LogP contribution in [0.5, 0.6) is 23.4 Å². The van der Waals surface area contributed by atoms with Crippen LogP contribution in [0.25, 0.3) is 0 Å². The summed E-state index contributed by atoms with van der Waals surface area (Å²) in [6, 6.07) is 15.4. The van der Waals surface area contributed by atoms with Gasteiger partial charge in [0.05, 0.1) is 37.6 Å². The lowest BCUT2D eigenvalue weighted by Crippen LogP contribution is -2.33. The van der Waals surface area contributed by atoms with Gasteiger partial charge in [-0.25, -0.2) is 15.0 Å². The van der Waals surface area contributed by atoms with Crippen molar-refractivity contribution in [1.29, 1.82) is 0 Å². The molecule has 8 aromatic heterocycles. The minimum Gasteiger partial charge on any atom is -0.494 e. The van der Waals surface area contributed by atoms with Gasteiger partial charge in [-0.15, -0.1) is 0 Å². The molecule has 0 saturated carbocycles. The largest absolute Gasteiger partial charge is 0.494 e. The minimum absolute atomic E-state index is 0.0273. The maximum Gasteiger partial charge on any atom is 0.248 e. The lowest BCUT2D eigenvalue weighted by molar-refractivity contribution is 0.111. The van der Waals surface area contributed by atoms with E-state index in [0.717, 1.165) is 75.3 Å². The average molecular weight is 1520 g/mol. The molecule has 0 atom stereocenters. The first-order valence-corrected chi connectivity index (χ1v) is 37.9. The number of rotatable bonds is 13. The Balaban J connectivity index is 0.000000427. The second-order valence-electron chi connectivity index (χ2n) is 34.4. The molecule has 0 unspecified atom stereocenters. The summed E-state index contributed by atoms with van der Waals surface area (Å²) in [5, 5.41) is 0.752. The van der Waals surface area contributed by atoms with Gasteiger partial charge in [-0.05, 0) is 186 Å². The van der Waals surface area contributed by atoms with E-state index in [1.54, 1.807) is 69.6 Å². The number of aldehydes is 3. The number of hydrogen-bond donors (Lipinski definition) is 1. The number of nitrogens with zero attached hydrogens (tertiary/aromatic N) is 8. The van der Waals surface area contributed by atoms with E-state index in [1.807, 2.05) is 79.2 Å². The van der Waals surface area contributed by atoms with E-state index in [9.17, 15) is 19.2 Å². The average Bonchev–Trinajstić information content (AvgIpc) is 0.826. The molecule has 18 nitrogen and oxygen atoms in total.